The van der Waals surface area contributed by atoms with E-state index in [1.165, 1.54) is 11.0 Å². The minimum atomic E-state index is -0.843. The minimum Gasteiger partial charge on any atom is -0.367 e. The number of amides is 3. The number of para-hydroxylation sites is 2. The van der Waals surface area contributed by atoms with Gasteiger partial charge in [-0.25, -0.2) is 4.39 Å². The normalized spacial score (nSPS) is 18.8. The number of benzene rings is 2. The summed E-state index contributed by atoms with van der Waals surface area (Å²) in [7, 11) is 0. The number of carbonyl (C=O) groups excluding carboxylic acids is 3. The summed E-state index contributed by atoms with van der Waals surface area (Å²) in [5.74, 6) is -1.04. The second-order valence-corrected chi connectivity index (χ2v) is 8.87. The molecule has 8 nitrogen and oxygen atoms in total. The Bertz CT molecular complexity index is 1070. The van der Waals surface area contributed by atoms with Crippen molar-refractivity contribution in [2.24, 2.45) is 0 Å². The van der Waals surface area contributed by atoms with Crippen LogP contribution in [0.5, 0.6) is 0 Å². The van der Waals surface area contributed by atoms with E-state index in [0.29, 0.717) is 45.0 Å². The van der Waals surface area contributed by atoms with Gasteiger partial charge in [0.15, 0.2) is 0 Å². The molecule has 1 unspecified atom stereocenters. The number of rotatable bonds is 7. The number of piperazine rings is 2. The fourth-order valence-corrected chi connectivity index (χ4v) is 4.68. The second-order valence-electron chi connectivity index (χ2n) is 8.87. The van der Waals surface area contributed by atoms with Gasteiger partial charge in [0.05, 0.1) is 18.7 Å². The van der Waals surface area contributed by atoms with Gasteiger partial charge in [-0.1, -0.05) is 37.3 Å². The van der Waals surface area contributed by atoms with Crippen molar-refractivity contribution >= 4 is 29.1 Å². The molecule has 2 aliphatic heterocycles. The molecule has 2 fully saturated rings. The smallest absolute Gasteiger partial charge is 0.243 e. The molecule has 0 radical (unpaired) electrons. The van der Waals surface area contributed by atoms with Gasteiger partial charge in [-0.05, 0) is 30.2 Å². The van der Waals surface area contributed by atoms with Gasteiger partial charge in [0.2, 0.25) is 17.7 Å². The number of carbonyl (C=O) groups is 3. The predicted molar refractivity (Wildman–Crippen MR) is 133 cm³/mol. The highest BCUT2D eigenvalue weighted by Crippen LogP contribution is 2.21. The predicted octanol–water partition coefficient (Wildman–Crippen LogP) is 1.87. The highest BCUT2D eigenvalue weighted by molar-refractivity contribution is 5.98. The number of hydrogen-bond acceptors (Lipinski definition) is 5. The van der Waals surface area contributed by atoms with Crippen LogP contribution >= 0.6 is 0 Å². The lowest BCUT2D eigenvalue weighted by molar-refractivity contribution is -0.145. The first kappa shape index (κ1) is 24.7. The second kappa shape index (κ2) is 11.3. The van der Waals surface area contributed by atoms with Crippen LogP contribution in [0.3, 0.4) is 0 Å². The summed E-state index contributed by atoms with van der Waals surface area (Å²) in [6, 6.07) is 13.4. The molecule has 2 aliphatic rings. The summed E-state index contributed by atoms with van der Waals surface area (Å²) in [5, 5.41) is 5.66. The Morgan fingerprint density at radius 2 is 1.74 bits per heavy atom. The zero-order valence-corrected chi connectivity index (χ0v) is 20.0. The van der Waals surface area contributed by atoms with Crippen LogP contribution in [0.1, 0.15) is 18.9 Å². The van der Waals surface area contributed by atoms with Crippen LogP contribution in [-0.2, 0) is 20.8 Å². The molecule has 35 heavy (non-hydrogen) atoms. The Hall–Kier alpha value is -3.46. The van der Waals surface area contributed by atoms with Gasteiger partial charge in [-0.2, -0.15) is 0 Å². The number of nitrogens with zero attached hydrogens (tertiary/aromatic N) is 3. The number of anilines is 2. The van der Waals surface area contributed by atoms with Crippen LogP contribution in [0.25, 0.3) is 0 Å². The van der Waals surface area contributed by atoms with Crippen LogP contribution in [-0.4, -0.2) is 79.4 Å². The largest absolute Gasteiger partial charge is 0.367 e. The molecular formula is C26H32FN5O3. The zero-order valence-electron chi connectivity index (χ0n) is 20.0. The van der Waals surface area contributed by atoms with E-state index in [1.807, 2.05) is 47.1 Å². The molecule has 2 N–H and O–H groups in total. The molecule has 9 heteroatoms. The molecule has 0 aliphatic carbocycles. The van der Waals surface area contributed by atoms with Crippen LogP contribution in [0.4, 0.5) is 15.8 Å². The first-order chi connectivity index (χ1) is 17.0. The Kier molecular flexibility index (Phi) is 7.97. The first-order valence-corrected chi connectivity index (χ1v) is 12.1. The summed E-state index contributed by atoms with van der Waals surface area (Å²) < 4.78 is 14.1. The Morgan fingerprint density at radius 3 is 2.49 bits per heavy atom. The third kappa shape index (κ3) is 5.97. The lowest BCUT2D eigenvalue weighted by Crippen LogP contribution is -2.60. The van der Waals surface area contributed by atoms with Crippen LogP contribution < -0.4 is 15.5 Å². The Balaban J connectivity index is 1.34. The van der Waals surface area contributed by atoms with Crippen molar-refractivity contribution in [3.63, 3.8) is 0 Å². The number of halogens is 1. The SMILES string of the molecule is CCc1ccccc1NC(=O)CC1C(=O)NCCN1C(=O)CN1CCN(c2ccccc2F)CC1. The molecule has 0 aromatic heterocycles. The van der Waals surface area contributed by atoms with Gasteiger partial charge in [0.1, 0.15) is 11.9 Å². The van der Waals surface area contributed by atoms with Gasteiger partial charge < -0.3 is 20.4 Å². The summed E-state index contributed by atoms with van der Waals surface area (Å²) in [5.41, 5.74) is 2.31. The van der Waals surface area contributed by atoms with Gasteiger partial charge >= 0.3 is 0 Å². The highest BCUT2D eigenvalue weighted by Gasteiger charge is 2.35. The Labute approximate surface area is 205 Å². The van der Waals surface area contributed by atoms with Crippen LogP contribution in [0.2, 0.25) is 0 Å². The van der Waals surface area contributed by atoms with E-state index < -0.39 is 6.04 Å². The third-order valence-corrected chi connectivity index (χ3v) is 6.63. The zero-order chi connectivity index (χ0) is 24.8. The van der Waals surface area contributed by atoms with Crippen molar-refractivity contribution in [1.29, 1.82) is 0 Å². The monoisotopic (exact) mass is 481 g/mol. The van der Waals surface area contributed by atoms with Gasteiger partial charge in [-0.15, -0.1) is 0 Å². The van der Waals surface area contributed by atoms with Crippen molar-refractivity contribution in [2.75, 3.05) is 56.0 Å². The van der Waals surface area contributed by atoms with E-state index in [4.69, 9.17) is 0 Å². The van der Waals surface area contributed by atoms with Crippen molar-refractivity contribution in [3.8, 4) is 0 Å². The van der Waals surface area contributed by atoms with Crippen LogP contribution in [0, 0.1) is 5.82 Å². The van der Waals surface area contributed by atoms with E-state index in [9.17, 15) is 18.8 Å². The standard InChI is InChI=1S/C26H32FN5O3/c1-2-19-7-3-5-9-21(19)29-24(33)17-23-26(35)28-11-12-32(23)25(34)18-30-13-15-31(16-14-30)22-10-6-4-8-20(22)27/h3-10,23H,2,11-18H2,1H3,(H,28,35)(H,29,33). The fraction of sp³-hybridized carbons (Fsp3) is 0.423. The maximum absolute atomic E-state index is 14.1. The molecule has 0 spiro atoms. The lowest BCUT2D eigenvalue weighted by atomic mass is 10.1. The van der Waals surface area contributed by atoms with E-state index >= 15 is 0 Å². The summed E-state index contributed by atoms with van der Waals surface area (Å²) in [6.45, 7) is 5.34. The number of aryl methyl sites for hydroxylation is 1. The van der Waals surface area contributed by atoms with E-state index in [1.54, 1.807) is 12.1 Å². The number of nitrogens with one attached hydrogen (secondary N) is 2. The summed E-state index contributed by atoms with van der Waals surface area (Å²) in [4.78, 5) is 44.1. The molecule has 2 heterocycles. The van der Waals surface area contributed by atoms with Crippen LogP contribution in [0.15, 0.2) is 48.5 Å². The summed E-state index contributed by atoms with van der Waals surface area (Å²) >= 11 is 0. The molecular weight excluding hydrogens is 449 g/mol. The van der Waals surface area contributed by atoms with E-state index in [0.717, 1.165) is 17.7 Å². The van der Waals surface area contributed by atoms with Gasteiger partial charge in [0.25, 0.3) is 0 Å². The van der Waals surface area contributed by atoms with Crippen molar-refractivity contribution in [2.45, 2.75) is 25.8 Å². The topological polar surface area (TPSA) is 85.0 Å². The third-order valence-electron chi connectivity index (χ3n) is 6.63. The molecule has 0 saturated carbocycles. The molecule has 2 aromatic rings. The highest BCUT2D eigenvalue weighted by atomic mass is 19.1. The molecule has 2 saturated heterocycles. The molecule has 0 bridgehead atoms. The average Bonchev–Trinajstić information content (AvgIpc) is 2.86. The molecule has 3 amide bonds. The number of hydrogen-bond donors (Lipinski definition) is 2. The maximum Gasteiger partial charge on any atom is 0.243 e. The maximum atomic E-state index is 14.1. The fourth-order valence-electron chi connectivity index (χ4n) is 4.68. The summed E-state index contributed by atoms with van der Waals surface area (Å²) in [6.07, 6.45) is 0.672. The quantitative estimate of drug-likeness (QED) is 0.631. The van der Waals surface area contributed by atoms with Crippen molar-refractivity contribution in [3.05, 3.63) is 59.9 Å². The Morgan fingerprint density at radius 1 is 1.03 bits per heavy atom. The van der Waals surface area contributed by atoms with E-state index in [2.05, 4.69) is 10.6 Å². The first-order valence-electron chi connectivity index (χ1n) is 12.1. The van der Waals surface area contributed by atoms with E-state index in [-0.39, 0.29) is 36.5 Å². The molecule has 4 rings (SSSR count). The van der Waals surface area contributed by atoms with Gasteiger partial charge in [-0.3, -0.25) is 19.3 Å². The average molecular weight is 482 g/mol. The molecule has 2 aromatic carbocycles. The molecule has 186 valence electrons. The minimum absolute atomic E-state index is 0.101. The lowest BCUT2D eigenvalue weighted by Gasteiger charge is -2.39. The van der Waals surface area contributed by atoms with Crippen molar-refractivity contribution in [1.82, 2.24) is 15.1 Å². The molecule has 1 atom stereocenters. The van der Waals surface area contributed by atoms with Crippen molar-refractivity contribution < 1.29 is 18.8 Å². The van der Waals surface area contributed by atoms with Gasteiger partial charge in [0, 0.05) is 45.0 Å².